The summed E-state index contributed by atoms with van der Waals surface area (Å²) in [5.74, 6) is 1.27. The maximum absolute atomic E-state index is 5.74. The van der Waals surface area contributed by atoms with E-state index < -0.39 is 0 Å². The SMILES string of the molecule is CC(C)c1nc(COc2ccc(CNC3CC3)nc2)cs1. The van der Waals surface area contributed by atoms with Crippen LogP contribution in [-0.2, 0) is 13.2 Å². The lowest BCUT2D eigenvalue weighted by atomic mass is 10.2. The summed E-state index contributed by atoms with van der Waals surface area (Å²) in [5.41, 5.74) is 2.05. The average Bonchev–Trinajstić information content (AvgIpc) is 3.19. The number of rotatable bonds is 7. The number of ether oxygens (including phenoxy) is 1. The van der Waals surface area contributed by atoms with E-state index in [9.17, 15) is 0 Å². The molecule has 0 atom stereocenters. The number of aromatic nitrogens is 2. The fourth-order valence-electron chi connectivity index (χ4n) is 1.95. The number of hydrogen-bond acceptors (Lipinski definition) is 5. The summed E-state index contributed by atoms with van der Waals surface area (Å²) < 4.78 is 5.74. The van der Waals surface area contributed by atoms with Crippen LogP contribution in [-0.4, -0.2) is 16.0 Å². The highest BCUT2D eigenvalue weighted by Crippen LogP contribution is 2.21. The molecular weight excluding hydrogens is 282 g/mol. The van der Waals surface area contributed by atoms with Gasteiger partial charge in [-0.2, -0.15) is 0 Å². The van der Waals surface area contributed by atoms with Crippen LogP contribution in [0.4, 0.5) is 0 Å². The minimum Gasteiger partial charge on any atom is -0.486 e. The second-order valence-electron chi connectivity index (χ2n) is 5.76. The van der Waals surface area contributed by atoms with Gasteiger partial charge in [0.2, 0.25) is 0 Å². The maximum Gasteiger partial charge on any atom is 0.138 e. The van der Waals surface area contributed by atoms with E-state index in [2.05, 4.69) is 34.5 Å². The highest BCUT2D eigenvalue weighted by atomic mass is 32.1. The van der Waals surface area contributed by atoms with Gasteiger partial charge in [0.25, 0.3) is 0 Å². The molecule has 0 radical (unpaired) electrons. The van der Waals surface area contributed by atoms with Crippen molar-refractivity contribution in [1.82, 2.24) is 15.3 Å². The summed E-state index contributed by atoms with van der Waals surface area (Å²) in [7, 11) is 0. The summed E-state index contributed by atoms with van der Waals surface area (Å²) in [6.07, 6.45) is 4.39. The molecule has 0 amide bonds. The number of thiazole rings is 1. The lowest BCUT2D eigenvalue weighted by molar-refractivity contribution is 0.300. The topological polar surface area (TPSA) is 47.0 Å². The Bertz CT molecular complexity index is 575. The van der Waals surface area contributed by atoms with Gasteiger partial charge in [0.15, 0.2) is 0 Å². The van der Waals surface area contributed by atoms with Gasteiger partial charge in [0, 0.05) is 23.9 Å². The van der Waals surface area contributed by atoms with Gasteiger partial charge in [-0.25, -0.2) is 4.98 Å². The van der Waals surface area contributed by atoms with Crippen LogP contribution in [0.2, 0.25) is 0 Å². The molecule has 0 spiro atoms. The Morgan fingerprint density at radius 3 is 2.81 bits per heavy atom. The van der Waals surface area contributed by atoms with Crippen LogP contribution in [0.25, 0.3) is 0 Å². The zero-order chi connectivity index (χ0) is 14.7. The molecule has 5 heteroatoms. The van der Waals surface area contributed by atoms with Crippen molar-refractivity contribution in [3.63, 3.8) is 0 Å². The lowest BCUT2D eigenvalue weighted by Gasteiger charge is -2.06. The molecule has 0 aromatic carbocycles. The third-order valence-corrected chi connectivity index (χ3v) is 4.59. The summed E-state index contributed by atoms with van der Waals surface area (Å²) >= 11 is 1.70. The van der Waals surface area contributed by atoms with Crippen molar-refractivity contribution in [3.8, 4) is 5.75 Å². The molecule has 112 valence electrons. The Kier molecular flexibility index (Phi) is 4.51. The van der Waals surface area contributed by atoms with Crippen LogP contribution < -0.4 is 10.1 Å². The second kappa shape index (κ2) is 6.54. The van der Waals surface area contributed by atoms with Crippen LogP contribution in [0.3, 0.4) is 0 Å². The van der Waals surface area contributed by atoms with Crippen molar-refractivity contribution in [1.29, 1.82) is 0 Å². The smallest absolute Gasteiger partial charge is 0.138 e. The second-order valence-corrected chi connectivity index (χ2v) is 6.65. The summed E-state index contributed by atoms with van der Waals surface area (Å²) in [6, 6.07) is 4.71. The number of nitrogens with one attached hydrogen (secondary N) is 1. The first-order chi connectivity index (χ1) is 10.2. The van der Waals surface area contributed by atoms with E-state index in [1.165, 1.54) is 12.8 Å². The Hall–Kier alpha value is -1.46. The standard InChI is InChI=1S/C16H21N3OS/c1-11(2)16-19-14(10-21-16)9-20-15-6-5-13(18-8-15)7-17-12-3-4-12/h5-6,8,10-12,17H,3-4,7,9H2,1-2H3. The molecule has 1 aliphatic carbocycles. The van der Waals surface area contributed by atoms with Gasteiger partial charge >= 0.3 is 0 Å². The Morgan fingerprint density at radius 1 is 1.33 bits per heavy atom. The molecule has 1 N–H and O–H groups in total. The molecule has 0 unspecified atom stereocenters. The predicted octanol–water partition coefficient (Wildman–Crippen LogP) is 3.49. The van der Waals surface area contributed by atoms with E-state index in [4.69, 9.17) is 4.74 Å². The van der Waals surface area contributed by atoms with Crippen molar-refractivity contribution in [2.45, 2.75) is 51.8 Å². The number of pyridine rings is 1. The molecule has 0 saturated heterocycles. The van der Waals surface area contributed by atoms with Crippen molar-refractivity contribution in [2.75, 3.05) is 0 Å². The Balaban J connectivity index is 1.49. The molecule has 2 aromatic rings. The van der Waals surface area contributed by atoms with Gasteiger partial charge in [-0.3, -0.25) is 4.98 Å². The zero-order valence-corrected chi connectivity index (χ0v) is 13.3. The third-order valence-electron chi connectivity index (χ3n) is 3.40. The van der Waals surface area contributed by atoms with E-state index in [1.807, 2.05) is 12.1 Å². The fraction of sp³-hybridized carbons (Fsp3) is 0.500. The molecule has 1 aliphatic rings. The normalized spacial score (nSPS) is 14.6. The van der Waals surface area contributed by atoms with E-state index in [0.717, 1.165) is 28.7 Å². The average molecular weight is 303 g/mol. The van der Waals surface area contributed by atoms with Crippen LogP contribution in [0.5, 0.6) is 5.75 Å². The molecule has 21 heavy (non-hydrogen) atoms. The molecule has 4 nitrogen and oxygen atoms in total. The fourth-order valence-corrected chi connectivity index (χ4v) is 2.77. The van der Waals surface area contributed by atoms with Crippen molar-refractivity contribution < 1.29 is 4.74 Å². The van der Waals surface area contributed by atoms with Crippen molar-refractivity contribution in [3.05, 3.63) is 40.1 Å². The molecule has 0 bridgehead atoms. The van der Waals surface area contributed by atoms with Crippen LogP contribution in [0.1, 0.15) is 49.0 Å². The first-order valence-electron chi connectivity index (χ1n) is 7.46. The van der Waals surface area contributed by atoms with Gasteiger partial charge in [-0.15, -0.1) is 11.3 Å². The van der Waals surface area contributed by atoms with Crippen LogP contribution in [0.15, 0.2) is 23.7 Å². The van der Waals surface area contributed by atoms with Gasteiger partial charge < -0.3 is 10.1 Å². The highest BCUT2D eigenvalue weighted by Gasteiger charge is 2.20. The Labute approximate surface area is 129 Å². The van der Waals surface area contributed by atoms with Crippen LogP contribution >= 0.6 is 11.3 Å². The molecule has 2 heterocycles. The zero-order valence-electron chi connectivity index (χ0n) is 12.5. The van der Waals surface area contributed by atoms with Gasteiger partial charge in [0.1, 0.15) is 12.4 Å². The van der Waals surface area contributed by atoms with E-state index >= 15 is 0 Å². The molecule has 0 aliphatic heterocycles. The monoisotopic (exact) mass is 303 g/mol. The minimum atomic E-state index is 0.476. The summed E-state index contributed by atoms with van der Waals surface area (Å²) in [4.78, 5) is 8.98. The molecular formula is C16H21N3OS. The quantitative estimate of drug-likeness (QED) is 0.850. The highest BCUT2D eigenvalue weighted by molar-refractivity contribution is 7.09. The Morgan fingerprint density at radius 2 is 2.19 bits per heavy atom. The van der Waals surface area contributed by atoms with Crippen molar-refractivity contribution >= 4 is 11.3 Å². The number of nitrogens with zero attached hydrogens (tertiary/aromatic N) is 2. The van der Waals surface area contributed by atoms with E-state index in [0.29, 0.717) is 18.6 Å². The first kappa shape index (κ1) is 14.5. The third kappa shape index (κ3) is 4.25. The van der Waals surface area contributed by atoms with E-state index in [-0.39, 0.29) is 0 Å². The summed E-state index contributed by atoms with van der Waals surface area (Å²) in [5, 5.41) is 6.68. The molecule has 3 rings (SSSR count). The molecule has 1 saturated carbocycles. The van der Waals surface area contributed by atoms with Gasteiger partial charge in [-0.1, -0.05) is 13.8 Å². The molecule has 1 fully saturated rings. The van der Waals surface area contributed by atoms with Gasteiger partial charge in [-0.05, 0) is 25.0 Å². The van der Waals surface area contributed by atoms with Crippen LogP contribution in [0, 0.1) is 0 Å². The minimum absolute atomic E-state index is 0.476. The predicted molar refractivity (Wildman–Crippen MR) is 84.6 cm³/mol. The van der Waals surface area contributed by atoms with Gasteiger partial charge in [0.05, 0.1) is 22.6 Å². The van der Waals surface area contributed by atoms with Crippen molar-refractivity contribution in [2.24, 2.45) is 0 Å². The maximum atomic E-state index is 5.74. The molecule has 2 aromatic heterocycles. The largest absolute Gasteiger partial charge is 0.486 e. The lowest BCUT2D eigenvalue weighted by Crippen LogP contribution is -2.16. The summed E-state index contributed by atoms with van der Waals surface area (Å²) in [6.45, 7) is 5.66. The number of hydrogen-bond donors (Lipinski definition) is 1. The first-order valence-corrected chi connectivity index (χ1v) is 8.34. The van der Waals surface area contributed by atoms with E-state index in [1.54, 1.807) is 17.5 Å².